The van der Waals surface area contributed by atoms with Gasteiger partial charge in [0.2, 0.25) is 5.91 Å². The van der Waals surface area contributed by atoms with Gasteiger partial charge in [0.15, 0.2) is 0 Å². The van der Waals surface area contributed by atoms with Crippen LogP contribution in [-0.2, 0) is 4.79 Å². The average Bonchev–Trinajstić information content (AvgIpc) is 2.67. The van der Waals surface area contributed by atoms with Crippen LogP contribution in [-0.4, -0.2) is 30.9 Å². The number of nitrogens with two attached hydrogens (primary N) is 1. The topological polar surface area (TPSA) is 46.3 Å². The molecule has 1 fully saturated rings. The summed E-state index contributed by atoms with van der Waals surface area (Å²) in [5, 5.41) is 0. The molecule has 0 aromatic carbocycles. The Hall–Kier alpha value is -0.570. The van der Waals surface area contributed by atoms with Gasteiger partial charge >= 0.3 is 0 Å². The van der Waals surface area contributed by atoms with Crippen molar-refractivity contribution >= 4 is 5.91 Å². The van der Waals surface area contributed by atoms with Crippen molar-refractivity contribution < 1.29 is 4.79 Å². The van der Waals surface area contributed by atoms with E-state index in [1.165, 1.54) is 25.7 Å². The van der Waals surface area contributed by atoms with Gasteiger partial charge in [-0.15, -0.1) is 0 Å². The lowest BCUT2D eigenvalue weighted by Crippen LogP contribution is -2.31. The van der Waals surface area contributed by atoms with E-state index < -0.39 is 0 Å². The number of rotatable bonds is 5. The smallest absolute Gasteiger partial charge is 0.222 e. The summed E-state index contributed by atoms with van der Waals surface area (Å²) in [6.07, 6.45) is 7.16. The second-order valence-electron chi connectivity index (χ2n) is 4.29. The molecule has 0 atom stereocenters. The molecule has 2 N–H and O–H groups in total. The van der Waals surface area contributed by atoms with Gasteiger partial charge in [-0.05, 0) is 12.3 Å². The molecule has 0 spiro atoms. The third kappa shape index (κ3) is 3.66. The van der Waals surface area contributed by atoms with E-state index in [4.69, 9.17) is 5.73 Å². The van der Waals surface area contributed by atoms with E-state index in [9.17, 15) is 4.79 Å². The van der Waals surface area contributed by atoms with Gasteiger partial charge in [0, 0.05) is 26.6 Å². The highest BCUT2D eigenvalue weighted by Gasteiger charge is 2.17. The largest absolute Gasteiger partial charge is 0.344 e. The van der Waals surface area contributed by atoms with E-state index >= 15 is 0 Å². The fourth-order valence-corrected chi connectivity index (χ4v) is 2.14. The van der Waals surface area contributed by atoms with Gasteiger partial charge in [-0.3, -0.25) is 4.79 Å². The monoisotopic (exact) mass is 198 g/mol. The highest BCUT2D eigenvalue weighted by atomic mass is 16.2. The molecule has 1 amide bonds. The SMILES string of the molecule is CN(CCN)C(=O)CCC1CCCC1. The molecule has 82 valence electrons. The van der Waals surface area contributed by atoms with Gasteiger partial charge in [0.1, 0.15) is 0 Å². The fourth-order valence-electron chi connectivity index (χ4n) is 2.14. The van der Waals surface area contributed by atoms with Crippen molar-refractivity contribution in [1.82, 2.24) is 4.90 Å². The number of hydrogen-bond donors (Lipinski definition) is 1. The summed E-state index contributed by atoms with van der Waals surface area (Å²) in [6.45, 7) is 1.25. The van der Waals surface area contributed by atoms with Crippen molar-refractivity contribution in [2.45, 2.75) is 38.5 Å². The summed E-state index contributed by atoms with van der Waals surface area (Å²) >= 11 is 0. The number of amides is 1. The van der Waals surface area contributed by atoms with E-state index in [2.05, 4.69) is 0 Å². The van der Waals surface area contributed by atoms with Crippen LogP contribution in [0.25, 0.3) is 0 Å². The van der Waals surface area contributed by atoms with E-state index in [1.807, 2.05) is 7.05 Å². The van der Waals surface area contributed by atoms with Gasteiger partial charge < -0.3 is 10.6 Å². The minimum absolute atomic E-state index is 0.252. The summed E-state index contributed by atoms with van der Waals surface area (Å²) < 4.78 is 0. The van der Waals surface area contributed by atoms with Crippen molar-refractivity contribution in [3.8, 4) is 0 Å². The van der Waals surface area contributed by atoms with E-state index in [1.54, 1.807) is 4.90 Å². The first-order valence-corrected chi connectivity index (χ1v) is 5.68. The van der Waals surface area contributed by atoms with Crippen LogP contribution in [0.5, 0.6) is 0 Å². The summed E-state index contributed by atoms with van der Waals surface area (Å²) in [5.74, 6) is 1.06. The zero-order valence-electron chi connectivity index (χ0n) is 9.17. The molecule has 1 aliphatic carbocycles. The molecule has 0 aromatic rings. The summed E-state index contributed by atoms with van der Waals surface area (Å²) in [6, 6.07) is 0. The van der Waals surface area contributed by atoms with Crippen LogP contribution in [0.15, 0.2) is 0 Å². The number of carbonyl (C=O) groups excluding carboxylic acids is 1. The first-order chi connectivity index (χ1) is 6.74. The minimum Gasteiger partial charge on any atom is -0.344 e. The van der Waals surface area contributed by atoms with Gasteiger partial charge in [0.25, 0.3) is 0 Å². The Morgan fingerprint density at radius 2 is 2.07 bits per heavy atom. The van der Waals surface area contributed by atoms with Crippen molar-refractivity contribution in [2.24, 2.45) is 11.7 Å². The normalized spacial score (nSPS) is 17.3. The van der Waals surface area contributed by atoms with Crippen LogP contribution in [0.1, 0.15) is 38.5 Å². The molecule has 0 aromatic heterocycles. The lowest BCUT2D eigenvalue weighted by atomic mass is 10.0. The van der Waals surface area contributed by atoms with Crippen molar-refractivity contribution in [1.29, 1.82) is 0 Å². The van der Waals surface area contributed by atoms with Crippen molar-refractivity contribution in [3.05, 3.63) is 0 Å². The van der Waals surface area contributed by atoms with Gasteiger partial charge in [-0.2, -0.15) is 0 Å². The Labute approximate surface area is 86.6 Å². The molecule has 0 aliphatic heterocycles. The quantitative estimate of drug-likeness (QED) is 0.725. The number of carbonyl (C=O) groups is 1. The van der Waals surface area contributed by atoms with Crippen molar-refractivity contribution in [2.75, 3.05) is 20.1 Å². The molecule has 1 aliphatic rings. The maximum Gasteiger partial charge on any atom is 0.222 e. The highest BCUT2D eigenvalue weighted by Crippen LogP contribution is 2.28. The van der Waals surface area contributed by atoms with Crippen LogP contribution in [0.4, 0.5) is 0 Å². The number of nitrogens with zero attached hydrogens (tertiary/aromatic N) is 1. The van der Waals surface area contributed by atoms with Crippen LogP contribution in [0.3, 0.4) is 0 Å². The Bertz CT molecular complexity index is 176. The van der Waals surface area contributed by atoms with E-state index in [0.717, 1.165) is 12.3 Å². The molecular formula is C11H22N2O. The van der Waals surface area contributed by atoms with Crippen LogP contribution in [0.2, 0.25) is 0 Å². The summed E-state index contributed by atoms with van der Waals surface area (Å²) in [5.41, 5.74) is 5.39. The predicted octanol–water partition coefficient (Wildman–Crippen LogP) is 1.37. The van der Waals surface area contributed by atoms with Crippen LogP contribution >= 0.6 is 0 Å². The number of likely N-dealkylation sites (N-methyl/N-ethyl adjacent to an activating group) is 1. The third-order valence-electron chi connectivity index (χ3n) is 3.13. The molecule has 0 radical (unpaired) electrons. The van der Waals surface area contributed by atoms with Crippen molar-refractivity contribution in [3.63, 3.8) is 0 Å². The Morgan fingerprint density at radius 3 is 2.64 bits per heavy atom. The molecule has 0 heterocycles. The van der Waals surface area contributed by atoms with Gasteiger partial charge in [0.05, 0.1) is 0 Å². The molecule has 0 saturated heterocycles. The summed E-state index contributed by atoms with van der Waals surface area (Å²) in [7, 11) is 1.84. The third-order valence-corrected chi connectivity index (χ3v) is 3.13. The van der Waals surface area contributed by atoms with Crippen LogP contribution in [0, 0.1) is 5.92 Å². The standard InChI is InChI=1S/C11H22N2O/c1-13(9-8-12)11(14)7-6-10-4-2-3-5-10/h10H,2-9,12H2,1H3. The first kappa shape index (κ1) is 11.5. The minimum atomic E-state index is 0.252. The molecular weight excluding hydrogens is 176 g/mol. The predicted molar refractivity (Wildman–Crippen MR) is 57.9 cm³/mol. The molecule has 0 unspecified atom stereocenters. The Morgan fingerprint density at radius 1 is 1.43 bits per heavy atom. The molecule has 3 heteroatoms. The van der Waals surface area contributed by atoms with E-state index in [-0.39, 0.29) is 5.91 Å². The lowest BCUT2D eigenvalue weighted by molar-refractivity contribution is -0.130. The second kappa shape index (κ2) is 6.02. The molecule has 1 saturated carbocycles. The van der Waals surface area contributed by atoms with Crippen LogP contribution < -0.4 is 5.73 Å². The molecule has 1 rings (SSSR count). The molecule has 3 nitrogen and oxygen atoms in total. The maximum absolute atomic E-state index is 11.6. The van der Waals surface area contributed by atoms with E-state index in [0.29, 0.717) is 19.5 Å². The molecule has 14 heavy (non-hydrogen) atoms. The highest BCUT2D eigenvalue weighted by molar-refractivity contribution is 5.75. The Balaban J connectivity index is 2.13. The summed E-state index contributed by atoms with van der Waals surface area (Å²) in [4.78, 5) is 13.3. The second-order valence-corrected chi connectivity index (χ2v) is 4.29. The average molecular weight is 198 g/mol. The first-order valence-electron chi connectivity index (χ1n) is 5.68. The molecule has 0 bridgehead atoms. The van der Waals surface area contributed by atoms with Gasteiger partial charge in [-0.25, -0.2) is 0 Å². The van der Waals surface area contributed by atoms with Gasteiger partial charge in [-0.1, -0.05) is 25.7 Å². The lowest BCUT2D eigenvalue weighted by Gasteiger charge is -2.17. The zero-order valence-corrected chi connectivity index (χ0v) is 9.17. The fraction of sp³-hybridized carbons (Fsp3) is 0.909. The number of hydrogen-bond acceptors (Lipinski definition) is 2. The Kier molecular flexibility index (Phi) is 4.94. The zero-order chi connectivity index (χ0) is 10.4. The maximum atomic E-state index is 11.6.